The van der Waals surface area contributed by atoms with E-state index in [4.69, 9.17) is 4.74 Å². The highest BCUT2D eigenvalue weighted by Gasteiger charge is 2.27. The number of aromatic nitrogens is 1. The molecule has 28 heavy (non-hydrogen) atoms. The van der Waals surface area contributed by atoms with E-state index in [2.05, 4.69) is 10.6 Å². The molecule has 0 aliphatic heterocycles. The van der Waals surface area contributed by atoms with Crippen LogP contribution in [0.3, 0.4) is 0 Å². The lowest BCUT2D eigenvalue weighted by Crippen LogP contribution is -2.47. The Morgan fingerprint density at radius 3 is 2.46 bits per heavy atom. The van der Waals surface area contributed by atoms with E-state index in [0.717, 1.165) is 41.1 Å². The highest BCUT2D eigenvalue weighted by atomic mass is 32.1. The van der Waals surface area contributed by atoms with Crippen molar-refractivity contribution in [2.45, 2.75) is 58.6 Å². The molecule has 1 fully saturated rings. The second kappa shape index (κ2) is 8.60. The zero-order valence-corrected chi connectivity index (χ0v) is 17.1. The number of aryl methyl sites for hydroxylation is 1. The predicted octanol–water partition coefficient (Wildman–Crippen LogP) is 3.47. The first-order valence-corrected chi connectivity index (χ1v) is 10.2. The molecule has 1 saturated carbocycles. The van der Waals surface area contributed by atoms with Gasteiger partial charge in [0.25, 0.3) is 5.91 Å². The SMILES string of the molecule is Cc1sc(-n2cccc2)c(C(=O)O[C@@H](C)C(=O)NC(=O)NC2CCCC2)c1C. The minimum absolute atomic E-state index is 0.103. The van der Waals surface area contributed by atoms with Gasteiger partial charge >= 0.3 is 12.0 Å². The molecule has 2 aromatic heterocycles. The van der Waals surface area contributed by atoms with Gasteiger partial charge in [-0.05, 0) is 51.3 Å². The van der Waals surface area contributed by atoms with Gasteiger partial charge in [-0.1, -0.05) is 12.8 Å². The molecule has 1 aliphatic rings. The molecule has 7 nitrogen and oxygen atoms in total. The second-order valence-electron chi connectivity index (χ2n) is 7.05. The fourth-order valence-corrected chi connectivity index (χ4v) is 4.39. The van der Waals surface area contributed by atoms with Crippen molar-refractivity contribution in [2.24, 2.45) is 0 Å². The van der Waals surface area contributed by atoms with Crippen LogP contribution in [0.25, 0.3) is 5.00 Å². The van der Waals surface area contributed by atoms with Crippen molar-refractivity contribution < 1.29 is 19.1 Å². The lowest BCUT2D eigenvalue weighted by atomic mass is 10.1. The zero-order valence-electron chi connectivity index (χ0n) is 16.3. The van der Waals surface area contributed by atoms with Gasteiger partial charge in [0.1, 0.15) is 5.00 Å². The van der Waals surface area contributed by atoms with E-state index >= 15 is 0 Å². The number of esters is 1. The van der Waals surface area contributed by atoms with Crippen LogP contribution >= 0.6 is 11.3 Å². The molecule has 8 heteroatoms. The lowest BCUT2D eigenvalue weighted by Gasteiger charge is -2.16. The monoisotopic (exact) mass is 403 g/mol. The summed E-state index contributed by atoms with van der Waals surface area (Å²) in [5.41, 5.74) is 1.26. The van der Waals surface area contributed by atoms with Gasteiger partial charge in [0.15, 0.2) is 6.10 Å². The molecule has 0 saturated heterocycles. The van der Waals surface area contributed by atoms with E-state index in [0.29, 0.717) is 5.56 Å². The molecular weight excluding hydrogens is 378 g/mol. The quantitative estimate of drug-likeness (QED) is 0.748. The Bertz CT molecular complexity index is 866. The maximum atomic E-state index is 12.8. The Kier molecular flexibility index (Phi) is 6.18. The van der Waals surface area contributed by atoms with E-state index < -0.39 is 24.0 Å². The summed E-state index contributed by atoms with van der Waals surface area (Å²) in [6.07, 6.45) is 6.62. The number of carbonyl (C=O) groups excluding carboxylic acids is 3. The minimum atomic E-state index is -1.08. The first-order valence-electron chi connectivity index (χ1n) is 9.42. The molecule has 3 amide bonds. The van der Waals surface area contributed by atoms with Crippen LogP contribution in [-0.4, -0.2) is 34.6 Å². The molecular formula is C20H25N3O4S. The smallest absolute Gasteiger partial charge is 0.342 e. The number of rotatable bonds is 5. The fraction of sp³-hybridized carbons (Fsp3) is 0.450. The van der Waals surface area contributed by atoms with Gasteiger partial charge in [0.05, 0.1) is 5.56 Å². The first kappa shape index (κ1) is 20.1. The van der Waals surface area contributed by atoms with E-state index in [9.17, 15) is 14.4 Å². The average Bonchev–Trinajstić information content (AvgIpc) is 3.38. The molecule has 2 N–H and O–H groups in total. The summed E-state index contributed by atoms with van der Waals surface area (Å²) in [6, 6.07) is 3.30. The van der Waals surface area contributed by atoms with E-state index in [-0.39, 0.29) is 6.04 Å². The number of hydrogen-bond acceptors (Lipinski definition) is 5. The summed E-state index contributed by atoms with van der Waals surface area (Å²) in [4.78, 5) is 38.0. The van der Waals surface area contributed by atoms with Crippen LogP contribution in [0, 0.1) is 13.8 Å². The highest BCUT2D eigenvalue weighted by molar-refractivity contribution is 7.15. The molecule has 0 unspecified atom stereocenters. The topological polar surface area (TPSA) is 89.4 Å². The van der Waals surface area contributed by atoms with Gasteiger partial charge in [-0.2, -0.15) is 0 Å². The number of imide groups is 1. The molecule has 2 heterocycles. The Morgan fingerprint density at radius 2 is 1.82 bits per heavy atom. The Labute approximate surface area is 168 Å². The zero-order chi connectivity index (χ0) is 20.3. The molecule has 1 aliphatic carbocycles. The molecule has 0 bridgehead atoms. The van der Waals surface area contributed by atoms with Crippen LogP contribution in [0.2, 0.25) is 0 Å². The molecule has 3 rings (SSSR count). The van der Waals surface area contributed by atoms with E-state index in [1.54, 1.807) is 0 Å². The van der Waals surface area contributed by atoms with E-state index in [1.807, 2.05) is 42.9 Å². The number of carbonyl (C=O) groups is 3. The number of ether oxygens (including phenoxy) is 1. The summed E-state index contributed by atoms with van der Waals surface area (Å²) in [5.74, 6) is -1.22. The minimum Gasteiger partial charge on any atom is -0.449 e. The number of amides is 3. The maximum absolute atomic E-state index is 12.8. The molecule has 0 radical (unpaired) electrons. The van der Waals surface area contributed by atoms with Gasteiger partial charge in [-0.3, -0.25) is 10.1 Å². The van der Waals surface area contributed by atoms with Gasteiger partial charge < -0.3 is 14.6 Å². The van der Waals surface area contributed by atoms with Crippen molar-refractivity contribution in [3.8, 4) is 5.00 Å². The first-order chi connectivity index (χ1) is 13.4. The van der Waals surface area contributed by atoms with Crippen LogP contribution in [0.1, 0.15) is 53.4 Å². The number of urea groups is 1. The normalized spacial score (nSPS) is 15.2. The summed E-state index contributed by atoms with van der Waals surface area (Å²) in [7, 11) is 0. The van der Waals surface area contributed by atoms with Gasteiger partial charge in [0, 0.05) is 23.3 Å². The molecule has 0 spiro atoms. The van der Waals surface area contributed by atoms with Crippen molar-refractivity contribution in [3.05, 3.63) is 40.5 Å². The van der Waals surface area contributed by atoms with Crippen molar-refractivity contribution in [3.63, 3.8) is 0 Å². The van der Waals surface area contributed by atoms with Crippen LogP contribution in [0.5, 0.6) is 0 Å². The predicted molar refractivity (Wildman–Crippen MR) is 107 cm³/mol. The van der Waals surface area contributed by atoms with Crippen molar-refractivity contribution in [1.29, 1.82) is 0 Å². The van der Waals surface area contributed by atoms with Gasteiger partial charge in [-0.25, -0.2) is 9.59 Å². The average molecular weight is 404 g/mol. The number of thiophene rings is 1. The fourth-order valence-electron chi connectivity index (χ4n) is 3.28. The number of nitrogens with one attached hydrogen (secondary N) is 2. The third-order valence-corrected chi connectivity index (χ3v) is 6.21. The van der Waals surface area contributed by atoms with Gasteiger partial charge in [-0.15, -0.1) is 11.3 Å². The van der Waals surface area contributed by atoms with Crippen molar-refractivity contribution >= 4 is 29.2 Å². The third kappa shape index (κ3) is 4.44. The van der Waals surface area contributed by atoms with Crippen LogP contribution < -0.4 is 10.6 Å². The number of hydrogen-bond donors (Lipinski definition) is 2. The Hall–Kier alpha value is -2.61. The summed E-state index contributed by atoms with van der Waals surface area (Å²) >= 11 is 1.49. The summed E-state index contributed by atoms with van der Waals surface area (Å²) in [6.45, 7) is 5.25. The Morgan fingerprint density at radius 1 is 1.18 bits per heavy atom. The van der Waals surface area contributed by atoms with Gasteiger partial charge in [0.2, 0.25) is 0 Å². The third-order valence-electron chi connectivity index (χ3n) is 4.99. The van der Waals surface area contributed by atoms with Crippen LogP contribution in [-0.2, 0) is 9.53 Å². The largest absolute Gasteiger partial charge is 0.449 e. The van der Waals surface area contributed by atoms with Crippen molar-refractivity contribution in [1.82, 2.24) is 15.2 Å². The van der Waals surface area contributed by atoms with Crippen LogP contribution in [0.4, 0.5) is 4.79 Å². The summed E-state index contributed by atoms with van der Waals surface area (Å²) < 4.78 is 7.21. The Balaban J connectivity index is 1.64. The molecule has 0 aromatic carbocycles. The second-order valence-corrected chi connectivity index (χ2v) is 8.25. The highest BCUT2D eigenvalue weighted by Crippen LogP contribution is 2.31. The standard InChI is InChI=1S/C20H25N3O4S/c1-12-14(3)28-18(23-10-6-7-11-23)16(12)19(25)27-13(2)17(24)22-20(26)21-15-8-4-5-9-15/h6-7,10-11,13,15H,4-5,8-9H2,1-3H3,(H2,21,22,24,26)/t13-/m0/s1. The lowest BCUT2D eigenvalue weighted by molar-refractivity contribution is -0.127. The molecule has 150 valence electrons. The maximum Gasteiger partial charge on any atom is 0.342 e. The summed E-state index contributed by atoms with van der Waals surface area (Å²) in [5, 5.41) is 5.78. The van der Waals surface area contributed by atoms with E-state index in [1.165, 1.54) is 18.3 Å². The van der Waals surface area contributed by atoms with Crippen LogP contribution in [0.15, 0.2) is 24.5 Å². The molecule has 1 atom stereocenters. The number of nitrogens with zero attached hydrogens (tertiary/aromatic N) is 1. The van der Waals surface area contributed by atoms with Crippen molar-refractivity contribution in [2.75, 3.05) is 0 Å². The molecule has 2 aromatic rings.